The molecule has 0 radical (unpaired) electrons. The van der Waals surface area contributed by atoms with E-state index in [1.165, 1.54) is 0 Å². The van der Waals surface area contributed by atoms with Crippen LogP contribution in [0, 0.1) is 6.92 Å². The van der Waals surface area contributed by atoms with Gasteiger partial charge in [0.05, 0.1) is 13.0 Å². The number of benzene rings is 1. The summed E-state index contributed by atoms with van der Waals surface area (Å²) in [6.45, 7) is 4.03. The Morgan fingerprint density at radius 2 is 2.22 bits per heavy atom. The maximum atomic E-state index is 11.3. The summed E-state index contributed by atoms with van der Waals surface area (Å²) in [5.41, 5.74) is 2.23. The van der Waals surface area contributed by atoms with E-state index in [1.54, 1.807) is 6.92 Å². The average molecular weight is 246 g/mol. The van der Waals surface area contributed by atoms with E-state index in [0.29, 0.717) is 12.3 Å². The van der Waals surface area contributed by atoms with Gasteiger partial charge in [-0.25, -0.2) is 4.79 Å². The van der Waals surface area contributed by atoms with Gasteiger partial charge in [-0.15, -0.1) is 10.2 Å². The Kier molecular flexibility index (Phi) is 3.72. The number of aryl methyl sites for hydroxylation is 1. The van der Waals surface area contributed by atoms with Crippen molar-refractivity contribution in [3.8, 4) is 0 Å². The molecular weight excluding hydrogens is 232 g/mol. The molecule has 5 heteroatoms. The molecule has 1 aromatic carbocycles. The molecule has 0 saturated carbocycles. The van der Waals surface area contributed by atoms with Gasteiger partial charge < -0.3 is 9.15 Å². The molecule has 0 N–H and O–H groups in total. The van der Waals surface area contributed by atoms with E-state index in [2.05, 4.69) is 10.2 Å². The minimum atomic E-state index is -0.583. The Bertz CT molecular complexity index is 549. The fraction of sp³-hybridized carbons (Fsp3) is 0.308. The van der Waals surface area contributed by atoms with E-state index in [9.17, 15) is 4.79 Å². The van der Waals surface area contributed by atoms with Gasteiger partial charge in [0, 0.05) is 0 Å². The number of hydrogen-bond donors (Lipinski definition) is 0. The molecule has 94 valence electrons. The van der Waals surface area contributed by atoms with E-state index in [0.717, 1.165) is 11.1 Å². The zero-order valence-electron chi connectivity index (χ0n) is 10.3. The van der Waals surface area contributed by atoms with Crippen molar-refractivity contribution in [2.45, 2.75) is 20.3 Å². The van der Waals surface area contributed by atoms with Gasteiger partial charge in [-0.3, -0.25) is 0 Å². The number of carbonyl (C=O) groups excluding carboxylic acids is 1. The smallest absolute Gasteiger partial charge is 0.396 e. The summed E-state index contributed by atoms with van der Waals surface area (Å²) in [5.74, 6) is -0.274. The van der Waals surface area contributed by atoms with E-state index >= 15 is 0 Å². The van der Waals surface area contributed by atoms with Crippen molar-refractivity contribution < 1.29 is 13.9 Å². The van der Waals surface area contributed by atoms with Crippen molar-refractivity contribution >= 4 is 5.97 Å². The monoisotopic (exact) mass is 246 g/mol. The molecule has 18 heavy (non-hydrogen) atoms. The Morgan fingerprint density at radius 1 is 1.39 bits per heavy atom. The lowest BCUT2D eigenvalue weighted by atomic mass is 10.1. The van der Waals surface area contributed by atoms with Gasteiger partial charge in [-0.2, -0.15) is 0 Å². The van der Waals surface area contributed by atoms with Crippen LogP contribution >= 0.6 is 0 Å². The highest BCUT2D eigenvalue weighted by molar-refractivity contribution is 5.83. The maximum Gasteiger partial charge on any atom is 0.396 e. The number of rotatable bonds is 4. The normalized spacial score (nSPS) is 10.3. The second-order valence-electron chi connectivity index (χ2n) is 3.89. The number of ether oxygens (including phenoxy) is 1. The SMILES string of the molecule is CCOC(=O)c1nnc(Cc2cccc(C)c2)o1. The van der Waals surface area contributed by atoms with Crippen molar-refractivity contribution in [2.75, 3.05) is 6.61 Å². The van der Waals surface area contributed by atoms with Crippen LogP contribution in [0.3, 0.4) is 0 Å². The van der Waals surface area contributed by atoms with Gasteiger partial charge in [0.25, 0.3) is 0 Å². The van der Waals surface area contributed by atoms with E-state index in [1.807, 2.05) is 31.2 Å². The molecule has 0 aliphatic carbocycles. The van der Waals surface area contributed by atoms with Crippen molar-refractivity contribution in [3.05, 3.63) is 47.2 Å². The second-order valence-corrected chi connectivity index (χ2v) is 3.89. The molecular formula is C13H14N2O3. The minimum absolute atomic E-state index is 0.0977. The number of nitrogens with zero attached hydrogens (tertiary/aromatic N) is 2. The highest BCUT2D eigenvalue weighted by Crippen LogP contribution is 2.10. The van der Waals surface area contributed by atoms with Crippen LogP contribution < -0.4 is 0 Å². The lowest BCUT2D eigenvalue weighted by molar-refractivity contribution is 0.0479. The molecule has 2 rings (SSSR count). The third kappa shape index (κ3) is 2.94. The van der Waals surface area contributed by atoms with Crippen molar-refractivity contribution in [1.29, 1.82) is 0 Å². The first-order valence-corrected chi connectivity index (χ1v) is 5.74. The van der Waals surface area contributed by atoms with E-state index < -0.39 is 5.97 Å². The summed E-state index contributed by atoms with van der Waals surface area (Å²) in [6.07, 6.45) is 0.508. The fourth-order valence-electron chi connectivity index (χ4n) is 1.60. The molecule has 0 atom stereocenters. The number of carbonyl (C=O) groups is 1. The standard InChI is InChI=1S/C13H14N2O3/c1-3-17-13(16)12-15-14-11(18-12)8-10-6-4-5-9(2)7-10/h4-7H,3,8H2,1-2H3. The Morgan fingerprint density at radius 3 is 2.94 bits per heavy atom. The molecule has 1 heterocycles. The number of esters is 1. The number of aromatic nitrogens is 2. The minimum Gasteiger partial charge on any atom is -0.459 e. The predicted molar refractivity (Wildman–Crippen MR) is 64.2 cm³/mol. The first kappa shape index (κ1) is 12.3. The molecule has 0 aliphatic heterocycles. The summed E-state index contributed by atoms with van der Waals surface area (Å²) >= 11 is 0. The van der Waals surface area contributed by atoms with Crippen molar-refractivity contribution in [1.82, 2.24) is 10.2 Å². The topological polar surface area (TPSA) is 65.2 Å². The van der Waals surface area contributed by atoms with Crippen LogP contribution in [0.25, 0.3) is 0 Å². The largest absolute Gasteiger partial charge is 0.459 e. The first-order valence-electron chi connectivity index (χ1n) is 5.74. The third-order valence-electron chi connectivity index (χ3n) is 2.35. The van der Waals surface area contributed by atoms with Crippen molar-refractivity contribution in [3.63, 3.8) is 0 Å². The van der Waals surface area contributed by atoms with Crippen molar-refractivity contribution in [2.24, 2.45) is 0 Å². The van der Waals surface area contributed by atoms with Crippen LogP contribution in [0.2, 0.25) is 0 Å². The Balaban J connectivity index is 2.09. The molecule has 5 nitrogen and oxygen atoms in total. The fourth-order valence-corrected chi connectivity index (χ4v) is 1.60. The Labute approximate surface area is 105 Å². The summed E-state index contributed by atoms with van der Waals surface area (Å²) in [4.78, 5) is 11.3. The zero-order chi connectivity index (χ0) is 13.0. The molecule has 0 aliphatic rings. The lowest BCUT2D eigenvalue weighted by Gasteiger charge is -1.98. The van der Waals surface area contributed by atoms with Gasteiger partial charge in [0.15, 0.2) is 0 Å². The van der Waals surface area contributed by atoms with Crippen LogP contribution in [0.1, 0.15) is 34.6 Å². The highest BCUT2D eigenvalue weighted by atomic mass is 16.5. The summed E-state index contributed by atoms with van der Waals surface area (Å²) in [6, 6.07) is 7.99. The highest BCUT2D eigenvalue weighted by Gasteiger charge is 2.15. The molecule has 0 bridgehead atoms. The van der Waals surface area contributed by atoms with Crippen LogP contribution in [0.15, 0.2) is 28.7 Å². The van der Waals surface area contributed by atoms with Crippen LogP contribution in [-0.2, 0) is 11.2 Å². The quantitative estimate of drug-likeness (QED) is 0.773. The molecule has 0 spiro atoms. The van der Waals surface area contributed by atoms with Gasteiger partial charge in [-0.05, 0) is 19.4 Å². The van der Waals surface area contributed by atoms with Crippen LogP contribution in [-0.4, -0.2) is 22.8 Å². The molecule has 2 aromatic rings. The summed E-state index contributed by atoms with van der Waals surface area (Å²) in [5, 5.41) is 7.49. The second kappa shape index (κ2) is 5.44. The molecule has 0 saturated heterocycles. The number of hydrogen-bond acceptors (Lipinski definition) is 5. The van der Waals surface area contributed by atoms with Gasteiger partial charge >= 0.3 is 11.9 Å². The van der Waals surface area contributed by atoms with Gasteiger partial charge in [-0.1, -0.05) is 29.8 Å². The molecule has 0 amide bonds. The lowest BCUT2D eigenvalue weighted by Crippen LogP contribution is -2.04. The van der Waals surface area contributed by atoms with Crippen LogP contribution in [0.4, 0.5) is 0 Å². The Hall–Kier alpha value is -2.17. The van der Waals surface area contributed by atoms with Gasteiger partial charge in [0.2, 0.25) is 5.89 Å². The third-order valence-corrected chi connectivity index (χ3v) is 2.35. The van der Waals surface area contributed by atoms with E-state index in [4.69, 9.17) is 9.15 Å². The summed E-state index contributed by atoms with van der Waals surface area (Å²) < 4.78 is 10.0. The predicted octanol–water partition coefficient (Wildman–Crippen LogP) is 2.15. The average Bonchev–Trinajstić information content (AvgIpc) is 2.78. The molecule has 0 unspecified atom stereocenters. The van der Waals surface area contributed by atoms with E-state index in [-0.39, 0.29) is 12.5 Å². The molecule has 0 fully saturated rings. The molecule has 1 aromatic heterocycles. The zero-order valence-corrected chi connectivity index (χ0v) is 10.3. The van der Waals surface area contributed by atoms with Gasteiger partial charge in [0.1, 0.15) is 0 Å². The summed E-state index contributed by atoms with van der Waals surface area (Å²) in [7, 11) is 0. The maximum absolute atomic E-state index is 11.3. The van der Waals surface area contributed by atoms with Crippen LogP contribution in [0.5, 0.6) is 0 Å². The first-order chi connectivity index (χ1) is 8.69.